The van der Waals surface area contributed by atoms with Crippen LogP contribution in [0.5, 0.6) is 0 Å². The van der Waals surface area contributed by atoms with Gasteiger partial charge in [-0.15, -0.1) is 0 Å². The second-order valence-corrected chi connectivity index (χ2v) is 8.52. The maximum Gasteiger partial charge on any atom is 0.270 e. The predicted octanol–water partition coefficient (Wildman–Crippen LogP) is 1.57. The lowest BCUT2D eigenvalue weighted by atomic mass is 9.72. The number of aryl methyl sites for hydroxylation is 1. The van der Waals surface area contributed by atoms with Crippen LogP contribution in [-0.4, -0.2) is 76.9 Å². The van der Waals surface area contributed by atoms with E-state index in [2.05, 4.69) is 16.8 Å². The van der Waals surface area contributed by atoms with Crippen molar-refractivity contribution >= 4 is 11.8 Å². The summed E-state index contributed by atoms with van der Waals surface area (Å²) in [6.45, 7) is 4.57. The molecule has 142 valence electrons. The number of hydrogen-bond acceptors (Lipinski definition) is 3. The summed E-state index contributed by atoms with van der Waals surface area (Å²) in [5, 5.41) is 0. The molecule has 3 aliphatic heterocycles. The first-order valence-corrected chi connectivity index (χ1v) is 9.86. The summed E-state index contributed by atoms with van der Waals surface area (Å²) >= 11 is 0. The zero-order chi connectivity index (χ0) is 18.3. The molecule has 6 nitrogen and oxygen atoms in total. The first-order valence-electron chi connectivity index (χ1n) is 9.86. The van der Waals surface area contributed by atoms with Gasteiger partial charge in [0, 0.05) is 51.9 Å². The smallest absolute Gasteiger partial charge is 0.270 e. The molecule has 0 bridgehead atoms. The average Bonchev–Trinajstić information content (AvgIpc) is 3.26. The standard InChI is InChI=1S/C20H30N4O2/c1-21-11-6-16(14-21)24-15-20(7-5-18(24)25)8-12-23(13-9-20)19(26)17-4-3-10-22(17)2/h3-4,10,16H,5-9,11-15H2,1-2H3/t16-/m0/s1. The molecule has 1 spiro atoms. The highest BCUT2D eigenvalue weighted by atomic mass is 16.2. The van der Waals surface area contributed by atoms with E-state index in [0.717, 1.165) is 64.1 Å². The van der Waals surface area contributed by atoms with Gasteiger partial charge < -0.3 is 19.3 Å². The van der Waals surface area contributed by atoms with Crippen LogP contribution >= 0.6 is 0 Å². The molecule has 1 atom stereocenters. The van der Waals surface area contributed by atoms with Crippen molar-refractivity contribution in [1.29, 1.82) is 0 Å². The summed E-state index contributed by atoms with van der Waals surface area (Å²) < 4.78 is 1.89. The Labute approximate surface area is 155 Å². The molecule has 3 fully saturated rings. The van der Waals surface area contributed by atoms with Crippen molar-refractivity contribution in [3.05, 3.63) is 24.0 Å². The minimum atomic E-state index is 0.133. The molecule has 0 aromatic carbocycles. The van der Waals surface area contributed by atoms with Gasteiger partial charge in [-0.25, -0.2) is 0 Å². The van der Waals surface area contributed by atoms with Gasteiger partial charge in [-0.3, -0.25) is 9.59 Å². The van der Waals surface area contributed by atoms with Crippen LogP contribution in [0.3, 0.4) is 0 Å². The van der Waals surface area contributed by atoms with Gasteiger partial charge in [0.05, 0.1) is 0 Å². The first kappa shape index (κ1) is 17.6. The number of piperidine rings is 2. The van der Waals surface area contributed by atoms with Crippen molar-refractivity contribution in [1.82, 2.24) is 19.3 Å². The maximum atomic E-state index is 12.7. The van der Waals surface area contributed by atoms with Gasteiger partial charge in [0.1, 0.15) is 5.69 Å². The molecule has 1 aromatic heterocycles. The molecule has 26 heavy (non-hydrogen) atoms. The van der Waals surface area contributed by atoms with Crippen molar-refractivity contribution in [2.75, 3.05) is 39.8 Å². The van der Waals surface area contributed by atoms with Crippen molar-refractivity contribution in [2.24, 2.45) is 12.5 Å². The Hall–Kier alpha value is -1.82. The molecule has 0 unspecified atom stereocenters. The summed E-state index contributed by atoms with van der Waals surface area (Å²) in [5.41, 5.74) is 0.968. The van der Waals surface area contributed by atoms with E-state index in [0.29, 0.717) is 18.4 Å². The normalized spacial score (nSPS) is 26.7. The summed E-state index contributed by atoms with van der Waals surface area (Å²) in [5.74, 6) is 0.465. The topological polar surface area (TPSA) is 48.8 Å². The Bertz CT molecular complexity index is 690. The van der Waals surface area contributed by atoms with E-state index in [9.17, 15) is 9.59 Å². The lowest BCUT2D eigenvalue weighted by molar-refractivity contribution is -0.141. The molecule has 0 radical (unpaired) electrons. The van der Waals surface area contributed by atoms with Crippen LogP contribution in [0.2, 0.25) is 0 Å². The second kappa shape index (κ2) is 6.72. The zero-order valence-corrected chi connectivity index (χ0v) is 16.0. The van der Waals surface area contributed by atoms with Crippen LogP contribution in [0.4, 0.5) is 0 Å². The highest BCUT2D eigenvalue weighted by Crippen LogP contribution is 2.41. The third-order valence-corrected chi connectivity index (χ3v) is 6.78. The third-order valence-electron chi connectivity index (χ3n) is 6.78. The Morgan fingerprint density at radius 1 is 1.15 bits per heavy atom. The van der Waals surface area contributed by atoms with E-state index in [4.69, 9.17) is 0 Å². The number of nitrogens with zero attached hydrogens (tertiary/aromatic N) is 4. The van der Waals surface area contributed by atoms with Gasteiger partial charge >= 0.3 is 0 Å². The Kier molecular flexibility index (Phi) is 4.55. The summed E-state index contributed by atoms with van der Waals surface area (Å²) in [4.78, 5) is 31.7. The second-order valence-electron chi connectivity index (χ2n) is 8.52. The van der Waals surface area contributed by atoms with Crippen LogP contribution in [0, 0.1) is 5.41 Å². The fourth-order valence-corrected chi connectivity index (χ4v) is 4.98. The molecule has 0 saturated carbocycles. The molecule has 0 N–H and O–H groups in total. The molecule has 2 amide bonds. The van der Waals surface area contributed by atoms with Gasteiger partial charge in [0.2, 0.25) is 5.91 Å². The van der Waals surface area contributed by atoms with Crippen molar-refractivity contribution in [3.63, 3.8) is 0 Å². The number of rotatable bonds is 2. The minimum Gasteiger partial charge on any atom is -0.347 e. The molecule has 4 rings (SSSR count). The number of likely N-dealkylation sites (tertiary alicyclic amines) is 3. The van der Waals surface area contributed by atoms with Gasteiger partial charge in [-0.1, -0.05) is 0 Å². The molecular weight excluding hydrogens is 328 g/mol. The molecule has 3 aliphatic rings. The van der Waals surface area contributed by atoms with Gasteiger partial charge in [-0.2, -0.15) is 0 Å². The fraction of sp³-hybridized carbons (Fsp3) is 0.700. The zero-order valence-electron chi connectivity index (χ0n) is 16.0. The Morgan fingerprint density at radius 3 is 2.54 bits per heavy atom. The van der Waals surface area contributed by atoms with Crippen LogP contribution in [0.25, 0.3) is 0 Å². The number of carbonyl (C=O) groups excluding carboxylic acids is 2. The van der Waals surface area contributed by atoms with E-state index in [1.165, 1.54) is 0 Å². The molecule has 0 aliphatic carbocycles. The van der Waals surface area contributed by atoms with E-state index in [1.807, 2.05) is 34.8 Å². The first-order chi connectivity index (χ1) is 12.5. The van der Waals surface area contributed by atoms with Gasteiger partial charge in [-0.05, 0) is 56.8 Å². The van der Waals surface area contributed by atoms with Crippen LogP contribution in [0.1, 0.15) is 42.6 Å². The number of carbonyl (C=O) groups is 2. The van der Waals surface area contributed by atoms with Crippen LogP contribution < -0.4 is 0 Å². The Morgan fingerprint density at radius 2 is 1.92 bits per heavy atom. The number of likely N-dealkylation sites (N-methyl/N-ethyl adjacent to an activating group) is 1. The van der Waals surface area contributed by atoms with E-state index >= 15 is 0 Å². The van der Waals surface area contributed by atoms with E-state index < -0.39 is 0 Å². The third kappa shape index (κ3) is 3.15. The van der Waals surface area contributed by atoms with Gasteiger partial charge in [0.15, 0.2) is 0 Å². The molecule has 1 aromatic rings. The van der Waals surface area contributed by atoms with Crippen molar-refractivity contribution < 1.29 is 9.59 Å². The summed E-state index contributed by atoms with van der Waals surface area (Å²) in [7, 11) is 4.06. The summed E-state index contributed by atoms with van der Waals surface area (Å²) in [6, 6.07) is 4.19. The van der Waals surface area contributed by atoms with Crippen LogP contribution in [-0.2, 0) is 11.8 Å². The summed E-state index contributed by atoms with van der Waals surface area (Å²) in [6.07, 6.45) is 6.69. The number of amides is 2. The molecular formula is C20H30N4O2. The lowest BCUT2D eigenvalue weighted by Crippen LogP contribution is -2.55. The SMILES string of the molecule is CN1CC[C@H](N2CC3(CCC2=O)CCN(C(=O)c2cccn2C)CC3)C1. The molecule has 4 heterocycles. The van der Waals surface area contributed by atoms with E-state index in [1.54, 1.807) is 0 Å². The van der Waals surface area contributed by atoms with Crippen LogP contribution in [0.15, 0.2) is 18.3 Å². The molecule has 6 heteroatoms. The van der Waals surface area contributed by atoms with Crippen molar-refractivity contribution in [3.8, 4) is 0 Å². The van der Waals surface area contributed by atoms with Gasteiger partial charge in [0.25, 0.3) is 5.91 Å². The average molecular weight is 358 g/mol. The predicted molar refractivity (Wildman–Crippen MR) is 99.8 cm³/mol. The highest BCUT2D eigenvalue weighted by Gasteiger charge is 2.44. The highest BCUT2D eigenvalue weighted by molar-refractivity contribution is 5.92. The minimum absolute atomic E-state index is 0.133. The Balaban J connectivity index is 1.40. The maximum absolute atomic E-state index is 12.7. The number of aromatic nitrogens is 1. The van der Waals surface area contributed by atoms with E-state index in [-0.39, 0.29) is 11.3 Å². The van der Waals surface area contributed by atoms with Crippen molar-refractivity contribution in [2.45, 2.75) is 38.1 Å². The fourth-order valence-electron chi connectivity index (χ4n) is 4.98. The lowest BCUT2D eigenvalue weighted by Gasteiger charge is -2.49. The monoisotopic (exact) mass is 358 g/mol. The molecule has 3 saturated heterocycles. The largest absolute Gasteiger partial charge is 0.347 e. The number of hydrogen-bond donors (Lipinski definition) is 0. The quantitative estimate of drug-likeness (QED) is 0.806.